The minimum Gasteiger partial charge on any atom is -0.396 e. The Morgan fingerprint density at radius 2 is 2.22 bits per heavy atom. The van der Waals surface area contributed by atoms with Gasteiger partial charge in [-0.05, 0) is 6.42 Å². The molecule has 0 spiro atoms. The van der Waals surface area contributed by atoms with Crippen molar-refractivity contribution in [3.05, 3.63) is 0 Å². The molecule has 0 aromatic rings. The number of ketones is 1. The van der Waals surface area contributed by atoms with Crippen molar-refractivity contribution in [2.45, 2.75) is 26.7 Å². The summed E-state index contributed by atoms with van der Waals surface area (Å²) >= 11 is 0. The molecular formula is C7H14O2. The summed E-state index contributed by atoms with van der Waals surface area (Å²) in [6, 6.07) is 0. The molecule has 1 atom stereocenters. The second-order valence-electron chi connectivity index (χ2n) is 2.25. The molecule has 0 bridgehead atoms. The maximum Gasteiger partial charge on any atom is 0.137 e. The summed E-state index contributed by atoms with van der Waals surface area (Å²) in [6.07, 6.45) is 1.19. The van der Waals surface area contributed by atoms with Crippen molar-refractivity contribution in [1.82, 2.24) is 0 Å². The second-order valence-corrected chi connectivity index (χ2v) is 2.25. The molecule has 0 aromatic heterocycles. The van der Waals surface area contributed by atoms with Gasteiger partial charge >= 0.3 is 0 Å². The molecule has 0 amide bonds. The average Bonchev–Trinajstić information content (AvgIpc) is 1.87. The lowest BCUT2D eigenvalue weighted by Gasteiger charge is -2.03. The van der Waals surface area contributed by atoms with Crippen molar-refractivity contribution >= 4 is 5.78 Å². The van der Waals surface area contributed by atoms with Gasteiger partial charge in [-0.25, -0.2) is 0 Å². The van der Waals surface area contributed by atoms with E-state index in [2.05, 4.69) is 0 Å². The van der Waals surface area contributed by atoms with Gasteiger partial charge in [0.15, 0.2) is 0 Å². The van der Waals surface area contributed by atoms with Gasteiger partial charge < -0.3 is 5.11 Å². The van der Waals surface area contributed by atoms with Gasteiger partial charge in [0.25, 0.3) is 0 Å². The van der Waals surface area contributed by atoms with Crippen LogP contribution in [-0.4, -0.2) is 17.5 Å². The molecule has 54 valence electrons. The van der Waals surface area contributed by atoms with Crippen LogP contribution in [-0.2, 0) is 4.79 Å². The van der Waals surface area contributed by atoms with Crippen LogP contribution in [0.3, 0.4) is 0 Å². The first-order valence-electron chi connectivity index (χ1n) is 3.36. The predicted octanol–water partition coefficient (Wildman–Crippen LogP) is 0.984. The van der Waals surface area contributed by atoms with E-state index in [1.54, 1.807) is 0 Å². The molecule has 0 heterocycles. The maximum absolute atomic E-state index is 10.8. The van der Waals surface area contributed by atoms with Crippen molar-refractivity contribution in [2.24, 2.45) is 5.92 Å². The van der Waals surface area contributed by atoms with Crippen molar-refractivity contribution in [1.29, 1.82) is 0 Å². The summed E-state index contributed by atoms with van der Waals surface area (Å²) in [5.41, 5.74) is 0. The number of aliphatic hydroxyl groups excluding tert-OH is 1. The summed E-state index contributed by atoms with van der Waals surface area (Å²) in [4.78, 5) is 10.8. The molecule has 0 saturated heterocycles. The van der Waals surface area contributed by atoms with Gasteiger partial charge in [-0.3, -0.25) is 4.79 Å². The van der Waals surface area contributed by atoms with Crippen molar-refractivity contribution in [3.63, 3.8) is 0 Å². The second kappa shape index (κ2) is 4.50. The molecule has 0 saturated carbocycles. The van der Waals surface area contributed by atoms with Crippen molar-refractivity contribution < 1.29 is 9.90 Å². The third kappa shape index (κ3) is 3.25. The van der Waals surface area contributed by atoms with E-state index >= 15 is 0 Å². The van der Waals surface area contributed by atoms with Crippen LogP contribution in [0.2, 0.25) is 0 Å². The number of hydrogen-bond donors (Lipinski definition) is 1. The van der Waals surface area contributed by atoms with Gasteiger partial charge in [0.05, 0.1) is 0 Å². The molecule has 0 aromatic carbocycles. The number of carbonyl (C=O) groups is 1. The molecule has 0 fully saturated rings. The highest BCUT2D eigenvalue weighted by molar-refractivity contribution is 5.80. The third-order valence-electron chi connectivity index (χ3n) is 1.52. The number of Topliss-reactive ketones (excluding diaryl/α,β-unsaturated/α-hetero) is 1. The molecule has 1 unspecified atom stereocenters. The lowest BCUT2D eigenvalue weighted by molar-refractivity contribution is -0.123. The van der Waals surface area contributed by atoms with Crippen LogP contribution in [0, 0.1) is 5.92 Å². The Morgan fingerprint density at radius 1 is 1.67 bits per heavy atom. The first-order chi connectivity index (χ1) is 4.22. The van der Waals surface area contributed by atoms with Crippen LogP contribution in [0.1, 0.15) is 26.7 Å². The highest BCUT2D eigenvalue weighted by Gasteiger charge is 2.08. The van der Waals surface area contributed by atoms with Crippen LogP contribution >= 0.6 is 0 Å². The number of carbonyl (C=O) groups excluding carboxylic acids is 1. The summed E-state index contributed by atoms with van der Waals surface area (Å²) in [5, 5.41) is 8.36. The third-order valence-corrected chi connectivity index (χ3v) is 1.52. The summed E-state index contributed by atoms with van der Waals surface area (Å²) in [6.45, 7) is 3.85. The molecule has 0 aliphatic rings. The lowest BCUT2D eigenvalue weighted by Crippen LogP contribution is -2.10. The monoisotopic (exact) mass is 130 g/mol. The van der Waals surface area contributed by atoms with Gasteiger partial charge in [-0.15, -0.1) is 0 Å². The van der Waals surface area contributed by atoms with E-state index in [9.17, 15) is 4.79 Å². The van der Waals surface area contributed by atoms with Gasteiger partial charge in [0, 0.05) is 18.9 Å². The Balaban J connectivity index is 3.46. The van der Waals surface area contributed by atoms with Crippen LogP contribution in [0.4, 0.5) is 0 Å². The van der Waals surface area contributed by atoms with Crippen molar-refractivity contribution in [3.8, 4) is 0 Å². The average molecular weight is 130 g/mol. The van der Waals surface area contributed by atoms with Crippen molar-refractivity contribution in [2.75, 3.05) is 6.61 Å². The smallest absolute Gasteiger partial charge is 0.137 e. The SMILES string of the molecule is CCC(C)C(=O)CCO. The van der Waals surface area contributed by atoms with Crippen LogP contribution in [0.25, 0.3) is 0 Å². The van der Waals surface area contributed by atoms with E-state index in [-0.39, 0.29) is 18.3 Å². The summed E-state index contributed by atoms with van der Waals surface area (Å²) in [5.74, 6) is 0.289. The number of rotatable bonds is 4. The standard InChI is InChI=1S/C7H14O2/c1-3-6(2)7(9)4-5-8/h6,8H,3-5H2,1-2H3. The lowest BCUT2D eigenvalue weighted by atomic mass is 10.0. The van der Waals surface area contributed by atoms with E-state index in [0.717, 1.165) is 6.42 Å². The Labute approximate surface area is 55.9 Å². The highest BCUT2D eigenvalue weighted by Crippen LogP contribution is 2.03. The molecule has 0 radical (unpaired) electrons. The summed E-state index contributed by atoms with van der Waals surface area (Å²) < 4.78 is 0. The van der Waals surface area contributed by atoms with Crippen LogP contribution in [0.15, 0.2) is 0 Å². The predicted molar refractivity (Wildman–Crippen MR) is 36.2 cm³/mol. The first-order valence-corrected chi connectivity index (χ1v) is 3.36. The number of aliphatic hydroxyl groups is 1. The zero-order valence-electron chi connectivity index (χ0n) is 6.05. The van der Waals surface area contributed by atoms with Gasteiger partial charge in [-0.1, -0.05) is 13.8 Å². The van der Waals surface area contributed by atoms with E-state index in [1.807, 2.05) is 13.8 Å². The largest absolute Gasteiger partial charge is 0.396 e. The Bertz CT molecular complexity index is 88.9. The van der Waals surface area contributed by atoms with Crippen LogP contribution in [0.5, 0.6) is 0 Å². The van der Waals surface area contributed by atoms with Gasteiger partial charge in [-0.2, -0.15) is 0 Å². The Morgan fingerprint density at radius 3 is 2.56 bits per heavy atom. The van der Waals surface area contributed by atoms with Crippen LogP contribution < -0.4 is 0 Å². The molecular weight excluding hydrogens is 116 g/mol. The fourth-order valence-electron chi connectivity index (χ4n) is 0.584. The molecule has 0 rings (SSSR count). The highest BCUT2D eigenvalue weighted by atomic mass is 16.3. The Kier molecular flexibility index (Phi) is 4.32. The fraction of sp³-hybridized carbons (Fsp3) is 0.857. The molecule has 9 heavy (non-hydrogen) atoms. The van der Waals surface area contributed by atoms with E-state index < -0.39 is 0 Å². The molecule has 0 aliphatic carbocycles. The van der Waals surface area contributed by atoms with E-state index in [4.69, 9.17) is 5.11 Å². The fourth-order valence-corrected chi connectivity index (χ4v) is 0.584. The topological polar surface area (TPSA) is 37.3 Å². The summed E-state index contributed by atoms with van der Waals surface area (Å²) in [7, 11) is 0. The molecule has 2 nitrogen and oxygen atoms in total. The maximum atomic E-state index is 10.8. The van der Waals surface area contributed by atoms with E-state index in [1.165, 1.54) is 0 Å². The minimum atomic E-state index is -0.0107. The van der Waals surface area contributed by atoms with E-state index in [0.29, 0.717) is 6.42 Å². The van der Waals surface area contributed by atoms with Gasteiger partial charge in [0.1, 0.15) is 5.78 Å². The number of hydrogen-bond acceptors (Lipinski definition) is 2. The molecule has 1 N–H and O–H groups in total. The normalized spacial score (nSPS) is 13.2. The zero-order valence-corrected chi connectivity index (χ0v) is 6.05. The minimum absolute atomic E-state index is 0.0107. The quantitative estimate of drug-likeness (QED) is 0.616. The zero-order chi connectivity index (χ0) is 7.28. The molecule has 2 heteroatoms. The Hall–Kier alpha value is -0.370. The first kappa shape index (κ1) is 8.63. The molecule has 0 aliphatic heterocycles. The van der Waals surface area contributed by atoms with Gasteiger partial charge in [0.2, 0.25) is 0 Å².